The Kier molecular flexibility index (Phi) is 6.64. The van der Waals surface area contributed by atoms with E-state index in [0.29, 0.717) is 39.1 Å². The van der Waals surface area contributed by atoms with Crippen LogP contribution < -0.4 is 10.5 Å². The third-order valence-corrected chi connectivity index (χ3v) is 3.97. The molecule has 2 heterocycles. The summed E-state index contributed by atoms with van der Waals surface area (Å²) in [6, 6.07) is 5.56. The van der Waals surface area contributed by atoms with Gasteiger partial charge in [-0.3, -0.25) is 9.78 Å². The lowest BCUT2D eigenvalue weighted by molar-refractivity contribution is -0.106. The molecule has 0 fully saturated rings. The summed E-state index contributed by atoms with van der Waals surface area (Å²) in [6.45, 7) is 0.00817. The molecule has 0 aliphatic heterocycles. The van der Waals surface area contributed by atoms with Gasteiger partial charge in [-0.2, -0.15) is 0 Å². The Morgan fingerprint density at radius 1 is 1.32 bits per heavy atom. The Balaban J connectivity index is 0.000000701. The second kappa shape index (κ2) is 8.71. The minimum absolute atomic E-state index is 0.00817. The summed E-state index contributed by atoms with van der Waals surface area (Å²) in [7, 11) is 1.58. The van der Waals surface area contributed by atoms with E-state index < -0.39 is 0 Å². The van der Waals surface area contributed by atoms with E-state index in [-0.39, 0.29) is 13.0 Å². The fourth-order valence-corrected chi connectivity index (χ4v) is 3.00. The van der Waals surface area contributed by atoms with Crippen LogP contribution in [0.2, 0.25) is 10.0 Å². The average Bonchev–Trinajstić information content (AvgIpc) is 3.00. The van der Waals surface area contributed by atoms with Crippen molar-refractivity contribution >= 4 is 40.6 Å². The number of methoxy groups -OCH3 is 1. The van der Waals surface area contributed by atoms with Crippen LogP contribution >= 0.6 is 23.2 Å². The molecule has 0 atom stereocenters. The lowest BCUT2D eigenvalue weighted by Crippen LogP contribution is -1.87. The molecule has 25 heavy (non-hydrogen) atoms. The smallest absolute Gasteiger partial charge is 0.204 e. The van der Waals surface area contributed by atoms with Crippen molar-refractivity contribution in [3.63, 3.8) is 0 Å². The van der Waals surface area contributed by atoms with Crippen molar-refractivity contribution in [1.82, 2.24) is 4.98 Å². The number of amides is 1. The van der Waals surface area contributed by atoms with E-state index in [1.54, 1.807) is 25.6 Å². The zero-order valence-corrected chi connectivity index (χ0v) is 14.8. The number of furan rings is 1. The zero-order valence-electron chi connectivity index (χ0n) is 13.3. The van der Waals surface area contributed by atoms with Gasteiger partial charge in [0.25, 0.3) is 0 Å². The number of aliphatic hydroxyl groups excluding tert-OH is 1. The molecule has 0 aliphatic carbocycles. The van der Waals surface area contributed by atoms with E-state index in [1.165, 1.54) is 0 Å². The van der Waals surface area contributed by atoms with Crippen LogP contribution in [0.25, 0.3) is 22.1 Å². The minimum atomic E-state index is 0.00817. The third-order valence-electron chi connectivity index (χ3n) is 3.40. The van der Waals surface area contributed by atoms with Crippen LogP contribution in [-0.4, -0.2) is 30.2 Å². The molecule has 0 saturated heterocycles. The number of carbonyl (C=O) groups is 1. The van der Waals surface area contributed by atoms with Crippen LogP contribution in [0.5, 0.6) is 5.75 Å². The van der Waals surface area contributed by atoms with E-state index in [4.69, 9.17) is 42.3 Å². The summed E-state index contributed by atoms with van der Waals surface area (Å²) in [6.07, 6.45) is 3.77. The Morgan fingerprint density at radius 2 is 1.96 bits per heavy atom. The van der Waals surface area contributed by atoms with Crippen molar-refractivity contribution in [3.8, 4) is 16.9 Å². The van der Waals surface area contributed by atoms with Gasteiger partial charge in [0, 0.05) is 29.8 Å². The number of hydrogen-bond acceptors (Lipinski definition) is 5. The van der Waals surface area contributed by atoms with Gasteiger partial charge in [0.2, 0.25) is 6.41 Å². The number of primary amides is 1. The third kappa shape index (κ3) is 4.04. The fraction of sp³-hybridized carbons (Fsp3) is 0.176. The van der Waals surface area contributed by atoms with Gasteiger partial charge < -0.3 is 20.0 Å². The molecule has 3 rings (SSSR count). The predicted octanol–water partition coefficient (Wildman–Crippen LogP) is 3.45. The molecular weight excluding hydrogens is 367 g/mol. The van der Waals surface area contributed by atoms with Gasteiger partial charge in [0.1, 0.15) is 5.76 Å². The summed E-state index contributed by atoms with van der Waals surface area (Å²) in [4.78, 5) is 12.6. The van der Waals surface area contributed by atoms with Gasteiger partial charge in [-0.15, -0.1) is 0 Å². The summed E-state index contributed by atoms with van der Waals surface area (Å²) >= 11 is 12.5. The summed E-state index contributed by atoms with van der Waals surface area (Å²) < 4.78 is 11.1. The number of halogens is 2. The van der Waals surface area contributed by atoms with Crippen molar-refractivity contribution in [2.24, 2.45) is 5.73 Å². The highest BCUT2D eigenvalue weighted by atomic mass is 35.5. The fourth-order valence-electron chi connectivity index (χ4n) is 2.43. The molecule has 3 N–H and O–H groups in total. The average molecular weight is 383 g/mol. The number of aliphatic hydroxyl groups is 1. The highest BCUT2D eigenvalue weighted by molar-refractivity contribution is 6.39. The molecule has 2 aromatic heterocycles. The maximum absolute atomic E-state index is 9.10. The SMILES string of the molecule is COc1ccc(-c2c(Cl)cncc2Cl)c2cc(CCO)oc12.NC=O. The van der Waals surface area contributed by atoms with E-state index in [2.05, 4.69) is 10.7 Å². The topological polar surface area (TPSA) is 98.6 Å². The van der Waals surface area contributed by atoms with Gasteiger partial charge in [-0.05, 0) is 23.8 Å². The number of rotatable bonds is 4. The molecule has 0 radical (unpaired) electrons. The second-order valence-corrected chi connectivity index (χ2v) is 5.67. The van der Waals surface area contributed by atoms with E-state index in [9.17, 15) is 0 Å². The molecule has 6 nitrogen and oxygen atoms in total. The lowest BCUT2D eigenvalue weighted by Gasteiger charge is -2.09. The molecule has 0 spiro atoms. The van der Waals surface area contributed by atoms with Gasteiger partial charge in [0.15, 0.2) is 11.3 Å². The van der Waals surface area contributed by atoms with Gasteiger partial charge >= 0.3 is 0 Å². The van der Waals surface area contributed by atoms with E-state index in [0.717, 1.165) is 10.9 Å². The Morgan fingerprint density at radius 3 is 2.52 bits per heavy atom. The Hall–Kier alpha value is -2.28. The van der Waals surface area contributed by atoms with Crippen LogP contribution in [0.1, 0.15) is 5.76 Å². The lowest BCUT2D eigenvalue weighted by atomic mass is 10.0. The van der Waals surface area contributed by atoms with Crippen LogP contribution in [0.4, 0.5) is 0 Å². The molecule has 0 saturated carbocycles. The van der Waals surface area contributed by atoms with Crippen LogP contribution in [0, 0.1) is 0 Å². The maximum atomic E-state index is 9.10. The van der Waals surface area contributed by atoms with Crippen molar-refractivity contribution in [3.05, 3.63) is 46.4 Å². The molecular formula is C17H16Cl2N2O4. The molecule has 1 aromatic carbocycles. The number of carbonyl (C=O) groups excluding carboxylic acids is 1. The molecule has 8 heteroatoms. The number of benzene rings is 1. The van der Waals surface area contributed by atoms with E-state index in [1.807, 2.05) is 12.1 Å². The molecule has 0 bridgehead atoms. The number of nitrogens with two attached hydrogens (primary N) is 1. The number of hydrogen-bond donors (Lipinski definition) is 2. The van der Waals surface area contributed by atoms with Gasteiger partial charge in [-0.25, -0.2) is 0 Å². The summed E-state index contributed by atoms with van der Waals surface area (Å²) in [5.41, 5.74) is 6.30. The molecule has 132 valence electrons. The van der Waals surface area contributed by atoms with Crippen LogP contribution in [0.3, 0.4) is 0 Å². The largest absolute Gasteiger partial charge is 0.493 e. The summed E-state index contributed by atoms with van der Waals surface area (Å²) in [5, 5.41) is 10.9. The molecule has 1 amide bonds. The summed E-state index contributed by atoms with van der Waals surface area (Å²) in [5.74, 6) is 1.29. The van der Waals surface area contributed by atoms with Crippen molar-refractivity contribution < 1.29 is 19.1 Å². The normalized spacial score (nSPS) is 10.2. The van der Waals surface area contributed by atoms with Crippen LogP contribution in [-0.2, 0) is 11.2 Å². The standard InChI is InChI=1S/C16H13Cl2NO3.CH3NO/c1-21-14-3-2-10(15-12(17)7-19-8-13(15)18)11-6-9(4-5-20)22-16(11)14;2-1-3/h2-3,6-8,20H,4-5H2,1H3;1H,(H2,2,3). The monoisotopic (exact) mass is 382 g/mol. The number of ether oxygens (including phenoxy) is 1. The second-order valence-electron chi connectivity index (χ2n) is 4.86. The van der Waals surface area contributed by atoms with Crippen molar-refractivity contribution in [2.75, 3.05) is 13.7 Å². The maximum Gasteiger partial charge on any atom is 0.204 e. The first-order valence-electron chi connectivity index (χ1n) is 7.22. The predicted molar refractivity (Wildman–Crippen MR) is 97.1 cm³/mol. The van der Waals surface area contributed by atoms with Gasteiger partial charge in [0.05, 0.1) is 23.8 Å². The first kappa shape index (κ1) is 19.1. The van der Waals surface area contributed by atoms with Crippen LogP contribution in [0.15, 0.2) is 35.0 Å². The van der Waals surface area contributed by atoms with Crippen molar-refractivity contribution in [2.45, 2.75) is 6.42 Å². The highest BCUT2D eigenvalue weighted by Crippen LogP contribution is 2.41. The zero-order chi connectivity index (χ0) is 18.4. The highest BCUT2D eigenvalue weighted by Gasteiger charge is 2.17. The Labute approximate surface area is 154 Å². The number of pyridine rings is 1. The van der Waals surface area contributed by atoms with Gasteiger partial charge in [-0.1, -0.05) is 23.2 Å². The Bertz CT molecular complexity index is 860. The number of fused-ring (bicyclic) bond motifs is 1. The molecule has 0 unspecified atom stereocenters. The quantitative estimate of drug-likeness (QED) is 0.673. The first-order chi connectivity index (χ1) is 12.1. The van der Waals surface area contributed by atoms with E-state index >= 15 is 0 Å². The molecule has 0 aliphatic rings. The first-order valence-corrected chi connectivity index (χ1v) is 7.98. The van der Waals surface area contributed by atoms with Crippen molar-refractivity contribution in [1.29, 1.82) is 0 Å². The minimum Gasteiger partial charge on any atom is -0.493 e. The molecule has 3 aromatic rings. The number of aromatic nitrogens is 1. The number of nitrogens with zero attached hydrogens (tertiary/aromatic N) is 1.